The number of furan rings is 1. The van der Waals surface area contributed by atoms with Gasteiger partial charge in [0, 0.05) is 37.6 Å². The first kappa shape index (κ1) is 21.4. The molecule has 0 aliphatic heterocycles. The van der Waals surface area contributed by atoms with Gasteiger partial charge in [-0.25, -0.2) is 0 Å². The number of fused-ring (bicyclic) bond motifs is 1. The van der Waals surface area contributed by atoms with Crippen LogP contribution in [0.2, 0.25) is 0 Å². The average Bonchev–Trinajstić information content (AvgIpc) is 3.39. The van der Waals surface area contributed by atoms with E-state index in [1.165, 1.54) is 0 Å². The van der Waals surface area contributed by atoms with Crippen molar-refractivity contribution in [1.82, 2.24) is 20.4 Å². The predicted octanol–water partition coefficient (Wildman–Crippen LogP) is 3.27. The molecule has 0 aliphatic carbocycles. The molecule has 2 N–H and O–H groups in total. The van der Waals surface area contributed by atoms with Crippen molar-refractivity contribution >= 4 is 22.8 Å². The Balaban J connectivity index is 1.46. The van der Waals surface area contributed by atoms with Gasteiger partial charge in [0.05, 0.1) is 12.0 Å². The largest absolute Gasteiger partial charge is 0.464 e. The summed E-state index contributed by atoms with van der Waals surface area (Å²) in [6.45, 7) is 2.58. The molecule has 32 heavy (non-hydrogen) atoms. The third kappa shape index (κ3) is 5.06. The fraction of sp³-hybridized carbons (Fsp3) is 0.240. The van der Waals surface area contributed by atoms with Gasteiger partial charge in [-0.15, -0.1) is 0 Å². The maximum Gasteiger partial charge on any atom is 0.233 e. The van der Waals surface area contributed by atoms with Gasteiger partial charge in [0.2, 0.25) is 11.8 Å². The molecule has 4 aromatic rings. The topological polar surface area (TPSA) is 89.2 Å². The monoisotopic (exact) mass is 430 g/mol. The molecule has 1 unspecified atom stereocenters. The van der Waals surface area contributed by atoms with Gasteiger partial charge in [-0.2, -0.15) is 5.10 Å². The van der Waals surface area contributed by atoms with Gasteiger partial charge in [-0.1, -0.05) is 36.4 Å². The zero-order chi connectivity index (χ0) is 22.5. The molecule has 7 nitrogen and oxygen atoms in total. The van der Waals surface area contributed by atoms with Crippen molar-refractivity contribution in [3.63, 3.8) is 0 Å². The van der Waals surface area contributed by atoms with Crippen LogP contribution in [-0.4, -0.2) is 21.6 Å². The summed E-state index contributed by atoms with van der Waals surface area (Å²) in [4.78, 5) is 26.1. The third-order valence-corrected chi connectivity index (χ3v) is 5.44. The Kier molecular flexibility index (Phi) is 6.35. The molecule has 164 valence electrons. The number of benzene rings is 2. The highest BCUT2D eigenvalue weighted by Crippen LogP contribution is 2.17. The maximum atomic E-state index is 13.1. The molecule has 7 heteroatoms. The van der Waals surface area contributed by atoms with Crippen molar-refractivity contribution in [2.24, 2.45) is 13.0 Å². The molecule has 0 bridgehead atoms. The van der Waals surface area contributed by atoms with Crippen LogP contribution >= 0.6 is 0 Å². The summed E-state index contributed by atoms with van der Waals surface area (Å²) in [7, 11) is 1.82. The van der Waals surface area contributed by atoms with E-state index in [-0.39, 0.29) is 18.2 Å². The molecule has 1 atom stereocenters. The molecule has 0 spiro atoms. The molecule has 2 heterocycles. The van der Waals surface area contributed by atoms with Gasteiger partial charge >= 0.3 is 0 Å². The molecule has 0 fully saturated rings. The van der Waals surface area contributed by atoms with Crippen molar-refractivity contribution in [3.8, 4) is 0 Å². The molecule has 2 aromatic carbocycles. The van der Waals surface area contributed by atoms with Crippen LogP contribution in [-0.2, 0) is 36.1 Å². The van der Waals surface area contributed by atoms with E-state index < -0.39 is 5.92 Å². The minimum Gasteiger partial charge on any atom is -0.464 e. The van der Waals surface area contributed by atoms with Crippen molar-refractivity contribution < 1.29 is 14.0 Å². The number of aryl methyl sites for hydroxylation is 2. The normalized spacial score (nSPS) is 11.9. The van der Waals surface area contributed by atoms with Crippen LogP contribution < -0.4 is 10.6 Å². The summed E-state index contributed by atoms with van der Waals surface area (Å²) in [5.41, 5.74) is 4.39. The van der Waals surface area contributed by atoms with Crippen LogP contribution in [0.3, 0.4) is 0 Å². The molecule has 4 rings (SSSR count). The van der Waals surface area contributed by atoms with E-state index in [9.17, 15) is 9.59 Å². The Labute approximate surface area is 186 Å². The number of aromatic nitrogens is 2. The highest BCUT2D eigenvalue weighted by molar-refractivity contribution is 6.00. The van der Waals surface area contributed by atoms with Gasteiger partial charge in [0.25, 0.3) is 0 Å². The van der Waals surface area contributed by atoms with E-state index >= 15 is 0 Å². The number of nitrogens with one attached hydrogen (secondary N) is 2. The Morgan fingerprint density at radius 2 is 1.69 bits per heavy atom. The fourth-order valence-corrected chi connectivity index (χ4v) is 3.72. The maximum absolute atomic E-state index is 13.1. The molecule has 0 radical (unpaired) electrons. The molecule has 0 saturated heterocycles. The minimum atomic E-state index is -0.869. The number of rotatable bonds is 8. The first-order chi connectivity index (χ1) is 15.5. The van der Waals surface area contributed by atoms with Crippen LogP contribution in [0.4, 0.5) is 0 Å². The zero-order valence-corrected chi connectivity index (χ0v) is 18.2. The van der Waals surface area contributed by atoms with Gasteiger partial charge < -0.3 is 15.1 Å². The van der Waals surface area contributed by atoms with Crippen molar-refractivity contribution in [1.29, 1.82) is 0 Å². The van der Waals surface area contributed by atoms with E-state index in [0.29, 0.717) is 13.1 Å². The standard InChI is InChI=1S/C25H26N4O3/c1-17-12-21(29(2)28-17)14-22(24(30)26-15-18-6-4-3-5-7-18)25(31)27-16-19-8-9-23-20(13-19)10-11-32-23/h3-13,22H,14-16H2,1-2H3,(H,26,30)(H,27,31). The Hall–Kier alpha value is -3.87. The smallest absolute Gasteiger partial charge is 0.233 e. The van der Waals surface area contributed by atoms with Gasteiger partial charge in [0.15, 0.2) is 0 Å². The highest BCUT2D eigenvalue weighted by atomic mass is 16.3. The summed E-state index contributed by atoms with van der Waals surface area (Å²) in [5, 5.41) is 11.1. The van der Waals surface area contributed by atoms with Crippen LogP contribution in [0.5, 0.6) is 0 Å². The fourth-order valence-electron chi connectivity index (χ4n) is 3.72. The minimum absolute atomic E-state index is 0.268. The summed E-state index contributed by atoms with van der Waals surface area (Å²) in [6.07, 6.45) is 1.90. The van der Waals surface area contributed by atoms with Crippen LogP contribution in [0.1, 0.15) is 22.5 Å². The summed E-state index contributed by atoms with van der Waals surface area (Å²) >= 11 is 0. The number of hydrogen-bond donors (Lipinski definition) is 2. The van der Waals surface area contributed by atoms with E-state index in [2.05, 4.69) is 15.7 Å². The van der Waals surface area contributed by atoms with Gasteiger partial charge in [-0.05, 0) is 42.3 Å². The SMILES string of the molecule is Cc1cc(CC(C(=O)NCc2ccccc2)C(=O)NCc2ccc3occc3c2)n(C)n1. The van der Waals surface area contributed by atoms with Crippen LogP contribution in [0.25, 0.3) is 11.0 Å². The summed E-state index contributed by atoms with van der Waals surface area (Å²) in [5.74, 6) is -1.50. The second-order valence-electron chi connectivity index (χ2n) is 7.87. The number of nitrogens with zero attached hydrogens (tertiary/aromatic N) is 2. The lowest BCUT2D eigenvalue weighted by atomic mass is 10.00. The molecule has 2 amide bonds. The second-order valence-corrected chi connectivity index (χ2v) is 7.87. The Morgan fingerprint density at radius 3 is 2.38 bits per heavy atom. The quantitative estimate of drug-likeness (QED) is 0.420. The van der Waals surface area contributed by atoms with Crippen LogP contribution in [0.15, 0.2) is 71.3 Å². The zero-order valence-electron chi connectivity index (χ0n) is 18.2. The molecule has 0 aliphatic rings. The highest BCUT2D eigenvalue weighted by Gasteiger charge is 2.28. The van der Waals surface area contributed by atoms with E-state index in [4.69, 9.17) is 4.42 Å². The lowest BCUT2D eigenvalue weighted by Crippen LogP contribution is -2.42. The lowest BCUT2D eigenvalue weighted by molar-refractivity contribution is -0.135. The summed E-state index contributed by atoms with van der Waals surface area (Å²) in [6, 6.07) is 19.2. The number of carbonyl (C=O) groups excluding carboxylic acids is 2. The van der Waals surface area contributed by atoms with Crippen molar-refractivity contribution in [2.75, 3.05) is 0 Å². The molecular formula is C25H26N4O3. The average molecular weight is 431 g/mol. The number of carbonyl (C=O) groups is 2. The Morgan fingerprint density at radius 1 is 0.969 bits per heavy atom. The lowest BCUT2D eigenvalue weighted by Gasteiger charge is -2.17. The third-order valence-electron chi connectivity index (χ3n) is 5.44. The first-order valence-electron chi connectivity index (χ1n) is 10.5. The molecule has 2 aromatic heterocycles. The Bertz CT molecular complexity index is 1230. The molecular weight excluding hydrogens is 404 g/mol. The van der Waals surface area contributed by atoms with Gasteiger partial charge in [-0.3, -0.25) is 14.3 Å². The van der Waals surface area contributed by atoms with E-state index in [1.807, 2.05) is 74.6 Å². The number of hydrogen-bond acceptors (Lipinski definition) is 4. The van der Waals surface area contributed by atoms with Gasteiger partial charge in [0.1, 0.15) is 11.5 Å². The predicted molar refractivity (Wildman–Crippen MR) is 121 cm³/mol. The number of amides is 2. The van der Waals surface area contributed by atoms with E-state index in [0.717, 1.165) is 33.5 Å². The first-order valence-corrected chi connectivity index (χ1v) is 10.5. The summed E-state index contributed by atoms with van der Waals surface area (Å²) < 4.78 is 7.08. The van der Waals surface area contributed by atoms with Crippen molar-refractivity contribution in [2.45, 2.75) is 26.4 Å². The van der Waals surface area contributed by atoms with E-state index in [1.54, 1.807) is 10.9 Å². The molecule has 0 saturated carbocycles. The van der Waals surface area contributed by atoms with Crippen molar-refractivity contribution in [3.05, 3.63) is 89.4 Å². The van der Waals surface area contributed by atoms with Crippen LogP contribution in [0, 0.1) is 12.8 Å². The second kappa shape index (κ2) is 9.51.